The van der Waals surface area contributed by atoms with E-state index in [4.69, 9.17) is 18.9 Å². The van der Waals surface area contributed by atoms with Crippen molar-refractivity contribution in [2.45, 2.75) is 6.29 Å². The number of rotatable bonds is 3. The molecule has 1 atom stereocenters. The number of ether oxygens (including phenoxy) is 4. The van der Waals surface area contributed by atoms with Crippen LogP contribution in [0.5, 0.6) is 17.2 Å². The maximum Gasteiger partial charge on any atom is 0.341 e. The van der Waals surface area contributed by atoms with Gasteiger partial charge in [-0.1, -0.05) is 31.9 Å². The minimum Gasteiger partial charge on any atom is -0.496 e. The number of hydrogen-bond donors (Lipinski definition) is 0. The molecule has 0 amide bonds. The summed E-state index contributed by atoms with van der Waals surface area (Å²) in [4.78, 5) is 11.8. The standard InChI is InChI=1S/C16H11Br2O5/c1-20-13-7-9(11(18)6-10(13)15(19)21-2)16-22-12-4-3-8(17)5-14(12)23-16/h4-7,16H,1-2H3. The van der Waals surface area contributed by atoms with E-state index in [2.05, 4.69) is 37.9 Å². The Morgan fingerprint density at radius 1 is 1.17 bits per heavy atom. The van der Waals surface area contributed by atoms with Crippen molar-refractivity contribution < 1.29 is 23.7 Å². The minimum atomic E-state index is -0.650. The van der Waals surface area contributed by atoms with E-state index in [1.54, 1.807) is 24.3 Å². The van der Waals surface area contributed by atoms with E-state index in [1.165, 1.54) is 14.2 Å². The fraction of sp³-hybridized carbons (Fsp3) is 0.188. The van der Waals surface area contributed by atoms with Gasteiger partial charge in [-0.15, -0.1) is 0 Å². The lowest BCUT2D eigenvalue weighted by Gasteiger charge is -2.15. The van der Waals surface area contributed by atoms with Crippen LogP contribution in [0.3, 0.4) is 0 Å². The second-order valence-corrected chi connectivity index (χ2v) is 6.35. The first-order chi connectivity index (χ1) is 11.0. The van der Waals surface area contributed by atoms with Crippen molar-refractivity contribution in [3.05, 3.63) is 50.4 Å². The van der Waals surface area contributed by atoms with Crippen LogP contribution in [0.1, 0.15) is 22.2 Å². The molecule has 1 unspecified atom stereocenters. The molecule has 3 rings (SSSR count). The lowest BCUT2D eigenvalue weighted by atomic mass is 10.1. The van der Waals surface area contributed by atoms with Gasteiger partial charge in [-0.3, -0.25) is 0 Å². The molecule has 2 aromatic rings. The van der Waals surface area contributed by atoms with Crippen LogP contribution in [0, 0.1) is 6.07 Å². The van der Waals surface area contributed by atoms with Gasteiger partial charge in [0.25, 0.3) is 6.29 Å². The maximum absolute atomic E-state index is 11.8. The van der Waals surface area contributed by atoms with Gasteiger partial charge in [0.05, 0.1) is 19.8 Å². The van der Waals surface area contributed by atoms with Gasteiger partial charge in [0.1, 0.15) is 11.3 Å². The molecule has 0 aromatic heterocycles. The van der Waals surface area contributed by atoms with Crippen LogP contribution in [-0.2, 0) is 4.74 Å². The van der Waals surface area contributed by atoms with Crippen LogP contribution >= 0.6 is 31.9 Å². The Kier molecular flexibility index (Phi) is 4.50. The molecule has 0 spiro atoms. The molecule has 5 nitrogen and oxygen atoms in total. The van der Waals surface area contributed by atoms with Crippen molar-refractivity contribution in [3.8, 4) is 17.2 Å². The Hall–Kier alpha value is -1.73. The van der Waals surface area contributed by atoms with Crippen LogP contribution in [0.25, 0.3) is 0 Å². The third-order valence-electron chi connectivity index (χ3n) is 3.29. The van der Waals surface area contributed by atoms with Gasteiger partial charge >= 0.3 is 5.97 Å². The van der Waals surface area contributed by atoms with Gasteiger partial charge in [-0.05, 0) is 24.3 Å². The Morgan fingerprint density at radius 3 is 2.61 bits per heavy atom. The molecule has 2 aromatic carbocycles. The zero-order valence-corrected chi connectivity index (χ0v) is 15.4. The van der Waals surface area contributed by atoms with Gasteiger partial charge in [0.2, 0.25) is 0 Å². The van der Waals surface area contributed by atoms with E-state index in [-0.39, 0.29) is 0 Å². The van der Waals surface area contributed by atoms with Gasteiger partial charge in [0.15, 0.2) is 11.5 Å². The summed E-state index contributed by atoms with van der Waals surface area (Å²) in [5.41, 5.74) is 1.01. The molecule has 1 aliphatic rings. The van der Waals surface area contributed by atoms with Gasteiger partial charge in [-0.2, -0.15) is 0 Å². The van der Waals surface area contributed by atoms with E-state index >= 15 is 0 Å². The number of hydrogen-bond acceptors (Lipinski definition) is 5. The first kappa shape index (κ1) is 16.1. The summed E-state index contributed by atoms with van der Waals surface area (Å²) in [5, 5.41) is 0. The summed E-state index contributed by atoms with van der Waals surface area (Å²) < 4.78 is 23.0. The molecule has 0 aliphatic carbocycles. The Morgan fingerprint density at radius 2 is 1.91 bits per heavy atom. The van der Waals surface area contributed by atoms with Gasteiger partial charge < -0.3 is 18.9 Å². The molecule has 1 radical (unpaired) electrons. The number of fused-ring (bicyclic) bond motifs is 1. The van der Waals surface area contributed by atoms with Crippen molar-refractivity contribution in [1.82, 2.24) is 0 Å². The number of esters is 1. The molecule has 23 heavy (non-hydrogen) atoms. The zero-order valence-electron chi connectivity index (χ0n) is 12.2. The summed E-state index contributed by atoms with van der Waals surface area (Å²) in [6.07, 6.45) is -0.650. The molecular weight excluding hydrogens is 432 g/mol. The quantitative estimate of drug-likeness (QED) is 0.664. The monoisotopic (exact) mass is 441 g/mol. The molecule has 0 saturated carbocycles. The average Bonchev–Trinajstić information content (AvgIpc) is 2.96. The number of methoxy groups -OCH3 is 2. The highest BCUT2D eigenvalue weighted by atomic mass is 79.9. The van der Waals surface area contributed by atoms with Gasteiger partial charge in [0, 0.05) is 15.0 Å². The SMILES string of the molecule is COC(=O)c1cc(Br)c(C2Oc3c[c]c(Br)cc3O2)cc1OC. The molecule has 7 heteroatoms. The fourth-order valence-corrected chi connectivity index (χ4v) is 3.04. The molecule has 0 bridgehead atoms. The predicted octanol–water partition coefficient (Wildman–Crippen LogP) is 4.28. The first-order valence-electron chi connectivity index (χ1n) is 6.53. The normalized spacial score (nSPS) is 15.4. The Balaban J connectivity index is 1.97. The summed E-state index contributed by atoms with van der Waals surface area (Å²) in [5.74, 6) is 1.11. The summed E-state index contributed by atoms with van der Waals surface area (Å²) in [6.45, 7) is 0. The largest absolute Gasteiger partial charge is 0.496 e. The third kappa shape index (κ3) is 3.03. The Bertz CT molecular complexity index is 775. The number of benzene rings is 2. The number of carbonyl (C=O) groups excluding carboxylic acids is 1. The predicted molar refractivity (Wildman–Crippen MR) is 89.0 cm³/mol. The smallest absolute Gasteiger partial charge is 0.341 e. The molecule has 0 saturated heterocycles. The van der Waals surface area contributed by atoms with Crippen molar-refractivity contribution in [1.29, 1.82) is 0 Å². The van der Waals surface area contributed by atoms with E-state index in [1.807, 2.05) is 0 Å². The minimum absolute atomic E-state index is 0.317. The lowest BCUT2D eigenvalue weighted by molar-refractivity contribution is 0.0475. The Labute approximate surface area is 149 Å². The molecule has 0 N–H and O–H groups in total. The van der Waals surface area contributed by atoms with Crippen LogP contribution in [0.2, 0.25) is 0 Å². The van der Waals surface area contributed by atoms with Crippen LogP contribution in [0.4, 0.5) is 0 Å². The highest BCUT2D eigenvalue weighted by Crippen LogP contribution is 2.44. The molecular formula is C16H11Br2O5. The third-order valence-corrected chi connectivity index (χ3v) is 4.43. The van der Waals surface area contributed by atoms with Crippen molar-refractivity contribution >= 4 is 37.8 Å². The second-order valence-electron chi connectivity index (χ2n) is 4.64. The number of halogens is 2. The van der Waals surface area contributed by atoms with Crippen LogP contribution in [-0.4, -0.2) is 20.2 Å². The van der Waals surface area contributed by atoms with Crippen molar-refractivity contribution in [3.63, 3.8) is 0 Å². The van der Waals surface area contributed by atoms with E-state index in [0.29, 0.717) is 32.8 Å². The number of carbonyl (C=O) groups is 1. The summed E-state index contributed by atoms with van der Waals surface area (Å²) >= 11 is 6.78. The van der Waals surface area contributed by atoms with Gasteiger partial charge in [-0.25, -0.2) is 4.79 Å². The topological polar surface area (TPSA) is 54.0 Å². The lowest BCUT2D eigenvalue weighted by Crippen LogP contribution is -2.11. The van der Waals surface area contributed by atoms with Crippen molar-refractivity contribution in [2.75, 3.05) is 14.2 Å². The van der Waals surface area contributed by atoms with E-state index in [9.17, 15) is 4.79 Å². The fourth-order valence-electron chi connectivity index (χ4n) is 2.19. The zero-order chi connectivity index (χ0) is 16.6. The molecule has 1 aliphatic heterocycles. The maximum atomic E-state index is 11.8. The summed E-state index contributed by atoms with van der Waals surface area (Å²) in [6, 6.07) is 9.78. The van der Waals surface area contributed by atoms with E-state index in [0.717, 1.165) is 4.47 Å². The van der Waals surface area contributed by atoms with Crippen LogP contribution < -0.4 is 14.2 Å². The average molecular weight is 443 g/mol. The van der Waals surface area contributed by atoms with E-state index < -0.39 is 12.3 Å². The second kappa shape index (κ2) is 6.41. The summed E-state index contributed by atoms with van der Waals surface area (Å²) in [7, 11) is 2.80. The highest BCUT2D eigenvalue weighted by Gasteiger charge is 2.29. The van der Waals surface area contributed by atoms with Crippen LogP contribution in [0.15, 0.2) is 33.2 Å². The molecule has 0 fully saturated rings. The first-order valence-corrected chi connectivity index (χ1v) is 8.12. The van der Waals surface area contributed by atoms with Crippen molar-refractivity contribution in [2.24, 2.45) is 0 Å². The molecule has 1 heterocycles. The molecule has 119 valence electrons. The highest BCUT2D eigenvalue weighted by molar-refractivity contribution is 9.10.